The number of benzene rings is 1. The fraction of sp³-hybridized carbons (Fsp3) is 0.500. The molecule has 0 aliphatic rings. The maximum Gasteiger partial charge on any atom is 0.137 e. The van der Waals surface area contributed by atoms with Gasteiger partial charge in [-0.25, -0.2) is 4.39 Å². The third-order valence-corrected chi connectivity index (χ3v) is 3.26. The Hall–Kier alpha value is -0.450. The zero-order chi connectivity index (χ0) is 12.0. The predicted molar refractivity (Wildman–Crippen MR) is 68.9 cm³/mol. The van der Waals surface area contributed by atoms with Gasteiger partial charge in [0.25, 0.3) is 0 Å². The van der Waals surface area contributed by atoms with E-state index in [1.807, 2.05) is 6.07 Å². The SMILES string of the molecule is CCNCC(C)NCc1cccc(F)c1Br. The number of halogens is 2. The predicted octanol–water partition coefficient (Wildman–Crippen LogP) is 2.68. The largest absolute Gasteiger partial charge is 0.315 e. The minimum atomic E-state index is -0.210. The summed E-state index contributed by atoms with van der Waals surface area (Å²) in [7, 11) is 0. The summed E-state index contributed by atoms with van der Waals surface area (Å²) in [6, 6.07) is 5.47. The van der Waals surface area contributed by atoms with Crippen molar-refractivity contribution >= 4 is 15.9 Å². The van der Waals surface area contributed by atoms with Crippen LogP contribution in [0.2, 0.25) is 0 Å². The summed E-state index contributed by atoms with van der Waals surface area (Å²) in [5.41, 5.74) is 0.948. The second-order valence-corrected chi connectivity index (χ2v) is 4.60. The Kier molecular flexibility index (Phi) is 5.95. The molecule has 0 aliphatic carbocycles. The van der Waals surface area contributed by atoms with Gasteiger partial charge < -0.3 is 10.6 Å². The molecule has 1 unspecified atom stereocenters. The molecule has 1 aromatic carbocycles. The zero-order valence-electron chi connectivity index (χ0n) is 9.69. The van der Waals surface area contributed by atoms with Gasteiger partial charge in [-0.05, 0) is 41.0 Å². The number of nitrogens with one attached hydrogen (secondary N) is 2. The number of likely N-dealkylation sites (N-methyl/N-ethyl adjacent to an activating group) is 1. The van der Waals surface area contributed by atoms with E-state index in [4.69, 9.17) is 0 Å². The Morgan fingerprint density at radius 1 is 1.44 bits per heavy atom. The van der Waals surface area contributed by atoms with Crippen molar-refractivity contribution < 1.29 is 4.39 Å². The first-order valence-corrected chi connectivity index (χ1v) is 6.31. The van der Waals surface area contributed by atoms with Crippen LogP contribution in [0, 0.1) is 5.82 Å². The lowest BCUT2D eigenvalue weighted by molar-refractivity contribution is 0.506. The quantitative estimate of drug-likeness (QED) is 0.841. The van der Waals surface area contributed by atoms with Crippen LogP contribution in [0.5, 0.6) is 0 Å². The van der Waals surface area contributed by atoms with E-state index in [-0.39, 0.29) is 5.82 Å². The minimum Gasteiger partial charge on any atom is -0.315 e. The van der Waals surface area contributed by atoms with E-state index >= 15 is 0 Å². The molecule has 0 aromatic heterocycles. The monoisotopic (exact) mass is 288 g/mol. The Morgan fingerprint density at radius 3 is 2.88 bits per heavy atom. The van der Waals surface area contributed by atoms with Crippen LogP contribution >= 0.6 is 15.9 Å². The van der Waals surface area contributed by atoms with Crippen LogP contribution in [-0.2, 0) is 6.54 Å². The molecule has 2 N–H and O–H groups in total. The first kappa shape index (κ1) is 13.6. The minimum absolute atomic E-state index is 0.210. The van der Waals surface area contributed by atoms with Gasteiger partial charge in [-0.15, -0.1) is 0 Å². The molecule has 0 fully saturated rings. The molecule has 1 aromatic rings. The molecule has 90 valence electrons. The van der Waals surface area contributed by atoms with Crippen molar-refractivity contribution in [1.29, 1.82) is 0 Å². The van der Waals surface area contributed by atoms with Crippen LogP contribution < -0.4 is 10.6 Å². The van der Waals surface area contributed by atoms with Gasteiger partial charge in [0.2, 0.25) is 0 Å². The molecule has 0 bridgehead atoms. The first-order valence-electron chi connectivity index (χ1n) is 5.52. The summed E-state index contributed by atoms with van der Waals surface area (Å²) in [6.45, 7) is 6.75. The lowest BCUT2D eigenvalue weighted by atomic mass is 10.2. The first-order chi connectivity index (χ1) is 7.65. The molecule has 1 atom stereocenters. The van der Waals surface area contributed by atoms with Gasteiger partial charge in [-0.3, -0.25) is 0 Å². The highest BCUT2D eigenvalue weighted by Crippen LogP contribution is 2.20. The Bertz CT molecular complexity index is 331. The summed E-state index contributed by atoms with van der Waals surface area (Å²) < 4.78 is 13.8. The molecule has 0 spiro atoms. The fourth-order valence-electron chi connectivity index (χ4n) is 1.40. The maximum atomic E-state index is 13.2. The van der Waals surface area contributed by atoms with Crippen LogP contribution in [0.4, 0.5) is 4.39 Å². The Labute approximate surface area is 105 Å². The van der Waals surface area contributed by atoms with E-state index in [0.717, 1.165) is 18.7 Å². The lowest BCUT2D eigenvalue weighted by Crippen LogP contribution is -2.35. The molecular formula is C12H18BrFN2. The van der Waals surface area contributed by atoms with E-state index in [9.17, 15) is 4.39 Å². The summed E-state index contributed by atoms with van der Waals surface area (Å²) in [5, 5.41) is 6.60. The van der Waals surface area contributed by atoms with Crippen molar-refractivity contribution in [1.82, 2.24) is 10.6 Å². The molecule has 4 heteroatoms. The maximum absolute atomic E-state index is 13.2. The van der Waals surface area contributed by atoms with Crippen molar-refractivity contribution in [2.24, 2.45) is 0 Å². The molecule has 2 nitrogen and oxygen atoms in total. The summed E-state index contributed by atoms with van der Waals surface area (Å²) in [4.78, 5) is 0. The molecule has 0 radical (unpaired) electrons. The topological polar surface area (TPSA) is 24.1 Å². The highest BCUT2D eigenvalue weighted by molar-refractivity contribution is 9.10. The zero-order valence-corrected chi connectivity index (χ0v) is 11.3. The lowest BCUT2D eigenvalue weighted by Gasteiger charge is -2.14. The summed E-state index contributed by atoms with van der Waals surface area (Å²) in [6.07, 6.45) is 0. The van der Waals surface area contributed by atoms with Crippen molar-refractivity contribution in [3.05, 3.63) is 34.1 Å². The van der Waals surface area contributed by atoms with Crippen LogP contribution in [0.3, 0.4) is 0 Å². The van der Waals surface area contributed by atoms with Crippen molar-refractivity contribution in [2.45, 2.75) is 26.4 Å². The average molecular weight is 289 g/mol. The highest BCUT2D eigenvalue weighted by atomic mass is 79.9. The van der Waals surface area contributed by atoms with Crippen LogP contribution in [0.1, 0.15) is 19.4 Å². The Balaban J connectivity index is 2.45. The van der Waals surface area contributed by atoms with Crippen LogP contribution in [-0.4, -0.2) is 19.1 Å². The smallest absolute Gasteiger partial charge is 0.137 e. The fourth-order valence-corrected chi connectivity index (χ4v) is 1.81. The normalized spacial score (nSPS) is 12.8. The summed E-state index contributed by atoms with van der Waals surface area (Å²) in [5.74, 6) is -0.210. The molecule has 0 saturated carbocycles. The van der Waals surface area contributed by atoms with E-state index in [0.29, 0.717) is 17.1 Å². The summed E-state index contributed by atoms with van der Waals surface area (Å²) >= 11 is 3.25. The number of hydrogen-bond acceptors (Lipinski definition) is 2. The van der Waals surface area contributed by atoms with Crippen LogP contribution in [0.25, 0.3) is 0 Å². The van der Waals surface area contributed by atoms with E-state index in [2.05, 4.69) is 40.4 Å². The van der Waals surface area contributed by atoms with Gasteiger partial charge >= 0.3 is 0 Å². The van der Waals surface area contributed by atoms with Gasteiger partial charge in [0.05, 0.1) is 4.47 Å². The third-order valence-electron chi connectivity index (χ3n) is 2.37. The van der Waals surface area contributed by atoms with Gasteiger partial charge in [0.1, 0.15) is 5.82 Å². The Morgan fingerprint density at radius 2 is 2.19 bits per heavy atom. The van der Waals surface area contributed by atoms with Crippen molar-refractivity contribution in [3.8, 4) is 0 Å². The third kappa shape index (κ3) is 4.20. The molecule has 1 rings (SSSR count). The van der Waals surface area contributed by atoms with E-state index in [1.54, 1.807) is 6.07 Å². The van der Waals surface area contributed by atoms with Gasteiger partial charge in [-0.2, -0.15) is 0 Å². The standard InChI is InChI=1S/C12H18BrFN2/c1-3-15-7-9(2)16-8-10-5-4-6-11(14)12(10)13/h4-6,9,15-16H,3,7-8H2,1-2H3. The molecule has 0 saturated heterocycles. The van der Waals surface area contributed by atoms with Gasteiger partial charge in [0.15, 0.2) is 0 Å². The molecular weight excluding hydrogens is 271 g/mol. The molecule has 0 heterocycles. The van der Waals surface area contributed by atoms with Gasteiger partial charge in [0, 0.05) is 19.1 Å². The van der Waals surface area contributed by atoms with Crippen molar-refractivity contribution in [2.75, 3.05) is 13.1 Å². The molecule has 0 amide bonds. The second-order valence-electron chi connectivity index (χ2n) is 3.80. The van der Waals surface area contributed by atoms with E-state index in [1.165, 1.54) is 6.07 Å². The number of hydrogen-bond donors (Lipinski definition) is 2. The second kappa shape index (κ2) is 6.99. The highest BCUT2D eigenvalue weighted by Gasteiger charge is 2.06. The molecule has 16 heavy (non-hydrogen) atoms. The molecule has 0 aliphatic heterocycles. The van der Waals surface area contributed by atoms with Crippen LogP contribution in [0.15, 0.2) is 22.7 Å². The van der Waals surface area contributed by atoms with E-state index < -0.39 is 0 Å². The number of rotatable bonds is 6. The van der Waals surface area contributed by atoms with Crippen molar-refractivity contribution in [3.63, 3.8) is 0 Å². The average Bonchev–Trinajstić information content (AvgIpc) is 2.28. The van der Waals surface area contributed by atoms with Gasteiger partial charge in [-0.1, -0.05) is 19.1 Å².